The van der Waals surface area contributed by atoms with Crippen molar-refractivity contribution < 1.29 is 13.2 Å². The number of para-hydroxylation sites is 2. The molecule has 1 aromatic rings. The van der Waals surface area contributed by atoms with Crippen molar-refractivity contribution in [2.24, 2.45) is 5.73 Å². The summed E-state index contributed by atoms with van der Waals surface area (Å²) in [6.07, 6.45) is 0.569. The second-order valence-electron chi connectivity index (χ2n) is 4.16. The Balaban J connectivity index is 2.38. The van der Waals surface area contributed by atoms with E-state index in [4.69, 9.17) is 10.5 Å². The molecule has 1 atom stereocenters. The van der Waals surface area contributed by atoms with E-state index in [0.717, 1.165) is 0 Å². The number of hydrogen-bond donors (Lipinski definition) is 1. The Morgan fingerprint density at radius 1 is 1.44 bits per heavy atom. The third kappa shape index (κ3) is 2.18. The lowest BCUT2D eigenvalue weighted by Gasteiger charge is -2.21. The number of nitrogens with two attached hydrogens (primary N) is 1. The number of anilines is 1. The number of hydrogen-bond acceptors (Lipinski definition) is 4. The fourth-order valence-corrected chi connectivity index (χ4v) is 3.95. The summed E-state index contributed by atoms with van der Waals surface area (Å²) in [5.41, 5.74) is 6.12. The van der Waals surface area contributed by atoms with Gasteiger partial charge in [-0.25, -0.2) is 8.42 Å². The van der Waals surface area contributed by atoms with Crippen LogP contribution in [0.1, 0.15) is 13.3 Å². The summed E-state index contributed by atoms with van der Waals surface area (Å²) >= 11 is 0. The van der Waals surface area contributed by atoms with Crippen LogP contribution in [0, 0.1) is 0 Å². The number of nitrogens with zero attached hydrogens (tertiary/aromatic N) is 1. The summed E-state index contributed by atoms with van der Waals surface area (Å²) in [6.45, 7) is 3.01. The highest BCUT2D eigenvalue weighted by Crippen LogP contribution is 2.35. The molecule has 1 aliphatic rings. The zero-order valence-corrected chi connectivity index (χ0v) is 11.2. The van der Waals surface area contributed by atoms with Gasteiger partial charge in [0.2, 0.25) is 10.0 Å². The van der Waals surface area contributed by atoms with Gasteiger partial charge in [-0.1, -0.05) is 12.1 Å². The van der Waals surface area contributed by atoms with Crippen LogP contribution in [0.2, 0.25) is 0 Å². The van der Waals surface area contributed by atoms with Gasteiger partial charge in [0.1, 0.15) is 5.75 Å². The van der Waals surface area contributed by atoms with Gasteiger partial charge >= 0.3 is 0 Å². The van der Waals surface area contributed by atoms with Gasteiger partial charge in [0.05, 0.1) is 17.5 Å². The lowest BCUT2D eigenvalue weighted by atomic mass is 10.2. The summed E-state index contributed by atoms with van der Waals surface area (Å²) in [4.78, 5) is 0. The van der Waals surface area contributed by atoms with Crippen molar-refractivity contribution in [3.8, 4) is 5.75 Å². The maximum atomic E-state index is 12.3. The Labute approximate surface area is 108 Å². The molecule has 6 heteroatoms. The van der Waals surface area contributed by atoms with Crippen molar-refractivity contribution in [3.05, 3.63) is 24.3 Å². The summed E-state index contributed by atoms with van der Waals surface area (Å²) in [5.74, 6) is 0.598. The average molecular weight is 270 g/mol. The molecular weight excluding hydrogens is 252 g/mol. The predicted molar refractivity (Wildman–Crippen MR) is 71.3 cm³/mol. The lowest BCUT2D eigenvalue weighted by molar-refractivity contribution is 0.341. The van der Waals surface area contributed by atoms with E-state index < -0.39 is 15.3 Å². The molecule has 100 valence electrons. The molecule has 0 saturated carbocycles. The monoisotopic (exact) mass is 270 g/mol. The molecule has 1 fully saturated rings. The number of sulfonamides is 1. The van der Waals surface area contributed by atoms with E-state index >= 15 is 0 Å². The average Bonchev–Trinajstić information content (AvgIpc) is 2.65. The third-order valence-electron chi connectivity index (χ3n) is 3.08. The Kier molecular flexibility index (Phi) is 3.77. The fourth-order valence-electron chi connectivity index (χ4n) is 2.16. The Bertz CT molecular complexity index is 516. The van der Waals surface area contributed by atoms with Gasteiger partial charge < -0.3 is 10.5 Å². The molecule has 2 N–H and O–H groups in total. The van der Waals surface area contributed by atoms with Crippen LogP contribution in [0.25, 0.3) is 0 Å². The summed E-state index contributed by atoms with van der Waals surface area (Å²) in [5, 5.41) is -0.479. The molecule has 5 nitrogen and oxygen atoms in total. The van der Waals surface area contributed by atoms with E-state index in [9.17, 15) is 8.42 Å². The predicted octanol–water partition coefficient (Wildman–Crippen LogP) is 0.953. The van der Waals surface area contributed by atoms with Crippen LogP contribution >= 0.6 is 0 Å². The molecule has 1 saturated heterocycles. The Morgan fingerprint density at radius 3 is 2.78 bits per heavy atom. The van der Waals surface area contributed by atoms with Crippen molar-refractivity contribution in [2.75, 3.05) is 24.0 Å². The van der Waals surface area contributed by atoms with Crippen LogP contribution in [0.4, 0.5) is 5.69 Å². The van der Waals surface area contributed by atoms with Gasteiger partial charge in [-0.2, -0.15) is 0 Å². The SMILES string of the molecule is CCOc1ccccc1N1CCC(CN)S1(=O)=O. The van der Waals surface area contributed by atoms with E-state index in [2.05, 4.69) is 0 Å². The first kappa shape index (κ1) is 13.2. The van der Waals surface area contributed by atoms with Crippen molar-refractivity contribution in [1.29, 1.82) is 0 Å². The fraction of sp³-hybridized carbons (Fsp3) is 0.500. The maximum absolute atomic E-state index is 12.3. The Morgan fingerprint density at radius 2 is 2.17 bits per heavy atom. The van der Waals surface area contributed by atoms with Crippen molar-refractivity contribution in [1.82, 2.24) is 0 Å². The molecule has 1 heterocycles. The highest BCUT2D eigenvalue weighted by Gasteiger charge is 2.38. The standard InChI is InChI=1S/C12H18N2O3S/c1-2-17-12-6-4-3-5-11(12)14-8-7-10(9-13)18(14,15)16/h3-6,10H,2,7-9,13H2,1H3. The maximum Gasteiger partial charge on any atom is 0.239 e. The van der Waals surface area contributed by atoms with E-state index in [1.54, 1.807) is 12.1 Å². The first-order valence-electron chi connectivity index (χ1n) is 6.04. The first-order valence-corrected chi connectivity index (χ1v) is 7.55. The number of rotatable bonds is 4. The van der Waals surface area contributed by atoms with Crippen LogP contribution < -0.4 is 14.8 Å². The summed E-state index contributed by atoms with van der Waals surface area (Å²) in [6, 6.07) is 7.19. The molecule has 18 heavy (non-hydrogen) atoms. The van der Waals surface area contributed by atoms with Gasteiger partial charge in [0.25, 0.3) is 0 Å². The van der Waals surface area contributed by atoms with Crippen LogP contribution in [0.3, 0.4) is 0 Å². The molecule has 1 aromatic carbocycles. The smallest absolute Gasteiger partial charge is 0.239 e. The minimum Gasteiger partial charge on any atom is -0.492 e. The zero-order valence-electron chi connectivity index (χ0n) is 10.4. The van der Waals surface area contributed by atoms with Gasteiger partial charge in [0, 0.05) is 13.1 Å². The van der Waals surface area contributed by atoms with Crippen LogP contribution in [-0.2, 0) is 10.0 Å². The van der Waals surface area contributed by atoms with Crippen LogP contribution in [0.5, 0.6) is 5.75 Å². The van der Waals surface area contributed by atoms with Crippen molar-refractivity contribution in [2.45, 2.75) is 18.6 Å². The minimum atomic E-state index is -3.34. The van der Waals surface area contributed by atoms with Gasteiger partial charge in [-0.3, -0.25) is 4.31 Å². The van der Waals surface area contributed by atoms with E-state index in [-0.39, 0.29) is 6.54 Å². The topological polar surface area (TPSA) is 72.6 Å². The van der Waals surface area contributed by atoms with E-state index in [1.807, 2.05) is 19.1 Å². The van der Waals surface area contributed by atoms with Crippen molar-refractivity contribution >= 4 is 15.7 Å². The molecular formula is C12H18N2O3S. The first-order chi connectivity index (χ1) is 8.61. The molecule has 1 aliphatic heterocycles. The molecule has 0 radical (unpaired) electrons. The largest absolute Gasteiger partial charge is 0.492 e. The highest BCUT2D eigenvalue weighted by atomic mass is 32.2. The quantitative estimate of drug-likeness (QED) is 0.884. The summed E-state index contributed by atoms with van der Waals surface area (Å²) < 4.78 is 31.4. The van der Waals surface area contributed by atoms with E-state index in [0.29, 0.717) is 31.0 Å². The highest BCUT2D eigenvalue weighted by molar-refractivity contribution is 7.93. The van der Waals surface area contributed by atoms with Gasteiger partial charge in [-0.15, -0.1) is 0 Å². The second kappa shape index (κ2) is 5.16. The molecule has 2 rings (SSSR count). The normalized spacial score (nSPS) is 22.1. The second-order valence-corrected chi connectivity index (χ2v) is 6.30. The van der Waals surface area contributed by atoms with Crippen LogP contribution in [-0.4, -0.2) is 33.4 Å². The zero-order chi connectivity index (χ0) is 13.2. The minimum absolute atomic E-state index is 0.162. The number of benzene rings is 1. The lowest BCUT2D eigenvalue weighted by Crippen LogP contribution is -2.33. The Hall–Kier alpha value is -1.27. The molecule has 0 bridgehead atoms. The molecule has 1 unspecified atom stereocenters. The van der Waals surface area contributed by atoms with Gasteiger partial charge in [-0.05, 0) is 25.5 Å². The molecule has 0 spiro atoms. The van der Waals surface area contributed by atoms with E-state index in [1.165, 1.54) is 4.31 Å². The summed E-state index contributed by atoms with van der Waals surface area (Å²) in [7, 11) is -3.34. The molecule has 0 aromatic heterocycles. The van der Waals surface area contributed by atoms with Crippen LogP contribution in [0.15, 0.2) is 24.3 Å². The molecule has 0 amide bonds. The molecule has 0 aliphatic carbocycles. The number of ether oxygens (including phenoxy) is 1. The third-order valence-corrected chi connectivity index (χ3v) is 5.34. The van der Waals surface area contributed by atoms with Crippen molar-refractivity contribution in [3.63, 3.8) is 0 Å². The van der Waals surface area contributed by atoms with Gasteiger partial charge in [0.15, 0.2) is 0 Å².